The molecule has 162 valence electrons. The number of hydrogen-bond acceptors (Lipinski definition) is 5. The Morgan fingerprint density at radius 3 is 2.81 bits per heavy atom. The van der Waals surface area contributed by atoms with Crippen LogP contribution in [0.3, 0.4) is 0 Å². The molecular weight excluding hydrogens is 408 g/mol. The molecule has 0 spiro atoms. The third kappa shape index (κ3) is 5.67. The molecule has 2 heterocycles. The van der Waals surface area contributed by atoms with Crippen LogP contribution in [0, 0.1) is 0 Å². The monoisotopic (exact) mass is 436 g/mol. The Kier molecular flexibility index (Phi) is 7.25. The molecule has 0 fully saturated rings. The van der Waals surface area contributed by atoms with Crippen molar-refractivity contribution in [2.24, 2.45) is 0 Å². The molecule has 1 aromatic carbocycles. The molecule has 3 aromatic rings. The van der Waals surface area contributed by atoms with Crippen LogP contribution in [0.15, 0.2) is 70.0 Å². The van der Waals surface area contributed by atoms with E-state index in [-0.39, 0.29) is 11.2 Å². The van der Waals surface area contributed by atoms with Crippen LogP contribution in [0.2, 0.25) is 0 Å². The SMILES string of the molecule is C[C@@H](Sc1nnc(-c2ccco2)n1Cc1ccccc1)C(=O)NCCC1=CCCCC1. The van der Waals surface area contributed by atoms with Crippen molar-refractivity contribution in [2.75, 3.05) is 6.54 Å². The van der Waals surface area contributed by atoms with Gasteiger partial charge in [-0.1, -0.05) is 53.7 Å². The van der Waals surface area contributed by atoms with E-state index in [1.165, 1.54) is 43.0 Å². The van der Waals surface area contributed by atoms with Gasteiger partial charge in [0.25, 0.3) is 0 Å². The average Bonchev–Trinajstić information content (AvgIpc) is 3.46. The molecule has 0 saturated heterocycles. The molecule has 1 N–H and O–H groups in total. The van der Waals surface area contributed by atoms with Crippen molar-refractivity contribution in [1.29, 1.82) is 0 Å². The fraction of sp³-hybridized carbons (Fsp3) is 0.375. The molecule has 0 saturated carbocycles. The number of rotatable bonds is 9. The lowest BCUT2D eigenvalue weighted by atomic mass is 9.97. The minimum absolute atomic E-state index is 0.0234. The summed E-state index contributed by atoms with van der Waals surface area (Å²) in [5, 5.41) is 12.2. The van der Waals surface area contributed by atoms with E-state index in [0.29, 0.717) is 29.8 Å². The highest BCUT2D eigenvalue weighted by Crippen LogP contribution is 2.28. The van der Waals surface area contributed by atoms with E-state index in [4.69, 9.17) is 4.42 Å². The van der Waals surface area contributed by atoms with Crippen LogP contribution >= 0.6 is 11.8 Å². The van der Waals surface area contributed by atoms with Gasteiger partial charge in [-0.25, -0.2) is 0 Å². The lowest BCUT2D eigenvalue weighted by Gasteiger charge is -2.15. The van der Waals surface area contributed by atoms with Gasteiger partial charge in [0, 0.05) is 6.54 Å². The fourth-order valence-corrected chi connectivity index (χ4v) is 4.58. The molecule has 0 bridgehead atoms. The number of hydrogen-bond donors (Lipinski definition) is 1. The Labute approximate surface area is 187 Å². The molecule has 0 radical (unpaired) electrons. The predicted octanol–water partition coefficient (Wildman–Crippen LogP) is 5.07. The number of thioether (sulfide) groups is 1. The standard InChI is InChI=1S/C24H28N4O2S/c1-18(23(29)25-15-14-19-9-4-2-5-10-19)31-24-27-26-22(21-13-8-16-30-21)28(24)17-20-11-6-3-7-12-20/h3,6-9,11-13,16,18H,2,4-5,10,14-15,17H2,1H3,(H,25,29)/t18-/m1/s1. The summed E-state index contributed by atoms with van der Waals surface area (Å²) in [5.74, 6) is 1.34. The first-order valence-corrected chi connectivity index (χ1v) is 11.7. The highest BCUT2D eigenvalue weighted by atomic mass is 32.2. The summed E-state index contributed by atoms with van der Waals surface area (Å²) < 4.78 is 7.57. The number of furan rings is 1. The number of nitrogens with one attached hydrogen (secondary N) is 1. The number of carbonyl (C=O) groups is 1. The molecule has 1 amide bonds. The number of carbonyl (C=O) groups excluding carboxylic acids is 1. The van der Waals surface area contributed by atoms with Gasteiger partial charge in [0.05, 0.1) is 18.1 Å². The number of allylic oxidation sites excluding steroid dienone is 1. The van der Waals surface area contributed by atoms with Crippen LogP contribution in [-0.4, -0.2) is 32.5 Å². The third-order valence-electron chi connectivity index (χ3n) is 5.42. The summed E-state index contributed by atoms with van der Waals surface area (Å²) in [4.78, 5) is 12.7. The molecule has 7 heteroatoms. The van der Waals surface area contributed by atoms with Gasteiger partial charge in [-0.05, 0) is 56.7 Å². The molecule has 31 heavy (non-hydrogen) atoms. The zero-order chi connectivity index (χ0) is 21.5. The van der Waals surface area contributed by atoms with Gasteiger partial charge in [-0.3, -0.25) is 9.36 Å². The van der Waals surface area contributed by atoms with E-state index in [1.54, 1.807) is 6.26 Å². The van der Waals surface area contributed by atoms with Crippen LogP contribution in [0.25, 0.3) is 11.6 Å². The second-order valence-electron chi connectivity index (χ2n) is 7.76. The second-order valence-corrected chi connectivity index (χ2v) is 9.07. The summed E-state index contributed by atoms with van der Waals surface area (Å²) in [7, 11) is 0. The molecular formula is C24H28N4O2S. The topological polar surface area (TPSA) is 73.0 Å². The number of amides is 1. The van der Waals surface area contributed by atoms with Crippen molar-refractivity contribution >= 4 is 17.7 Å². The Balaban J connectivity index is 1.43. The molecule has 1 aliphatic carbocycles. The third-order valence-corrected chi connectivity index (χ3v) is 6.50. The summed E-state index contributed by atoms with van der Waals surface area (Å²) >= 11 is 1.42. The van der Waals surface area contributed by atoms with Gasteiger partial charge in [-0.15, -0.1) is 10.2 Å². The van der Waals surface area contributed by atoms with Gasteiger partial charge in [-0.2, -0.15) is 0 Å². The largest absolute Gasteiger partial charge is 0.461 e. The first-order chi connectivity index (χ1) is 15.2. The summed E-state index contributed by atoms with van der Waals surface area (Å²) in [6, 6.07) is 13.9. The minimum atomic E-state index is -0.275. The lowest BCUT2D eigenvalue weighted by Crippen LogP contribution is -2.32. The Hall–Kier alpha value is -2.80. The normalized spacial score (nSPS) is 14.8. The average molecular weight is 437 g/mol. The molecule has 0 aliphatic heterocycles. The van der Waals surface area contributed by atoms with E-state index >= 15 is 0 Å². The van der Waals surface area contributed by atoms with E-state index in [9.17, 15) is 4.79 Å². The maximum absolute atomic E-state index is 12.7. The van der Waals surface area contributed by atoms with Crippen molar-refractivity contribution in [3.63, 3.8) is 0 Å². The zero-order valence-corrected chi connectivity index (χ0v) is 18.6. The van der Waals surface area contributed by atoms with Crippen molar-refractivity contribution in [3.8, 4) is 11.6 Å². The molecule has 2 aromatic heterocycles. The minimum Gasteiger partial charge on any atom is -0.461 e. The summed E-state index contributed by atoms with van der Waals surface area (Å²) in [5.41, 5.74) is 2.60. The van der Waals surface area contributed by atoms with Gasteiger partial charge < -0.3 is 9.73 Å². The lowest BCUT2D eigenvalue weighted by molar-refractivity contribution is -0.120. The number of benzene rings is 1. The smallest absolute Gasteiger partial charge is 0.233 e. The highest BCUT2D eigenvalue weighted by molar-refractivity contribution is 8.00. The van der Waals surface area contributed by atoms with E-state index < -0.39 is 0 Å². The van der Waals surface area contributed by atoms with Gasteiger partial charge in [0.15, 0.2) is 10.9 Å². The zero-order valence-electron chi connectivity index (χ0n) is 17.8. The Morgan fingerprint density at radius 1 is 1.19 bits per heavy atom. The number of aromatic nitrogens is 3. The maximum Gasteiger partial charge on any atom is 0.233 e. The van der Waals surface area contributed by atoms with Gasteiger partial charge in [0.1, 0.15) is 0 Å². The van der Waals surface area contributed by atoms with Crippen LogP contribution in [0.4, 0.5) is 0 Å². The van der Waals surface area contributed by atoms with E-state index in [1.807, 2.05) is 41.8 Å². The Bertz CT molecular complexity index is 1010. The van der Waals surface area contributed by atoms with Crippen molar-refractivity contribution in [3.05, 3.63) is 65.9 Å². The molecule has 6 nitrogen and oxygen atoms in total. The first kappa shape index (κ1) is 21.4. The van der Waals surface area contributed by atoms with E-state index in [2.05, 4.69) is 33.7 Å². The predicted molar refractivity (Wildman–Crippen MR) is 123 cm³/mol. The summed E-state index contributed by atoms with van der Waals surface area (Å²) in [6.07, 6.45) is 9.78. The van der Waals surface area contributed by atoms with E-state index in [0.717, 1.165) is 12.0 Å². The van der Waals surface area contributed by atoms with Crippen LogP contribution in [0.5, 0.6) is 0 Å². The van der Waals surface area contributed by atoms with Crippen LogP contribution in [-0.2, 0) is 11.3 Å². The van der Waals surface area contributed by atoms with Crippen molar-refractivity contribution < 1.29 is 9.21 Å². The highest BCUT2D eigenvalue weighted by Gasteiger charge is 2.22. The van der Waals surface area contributed by atoms with Crippen LogP contribution < -0.4 is 5.32 Å². The van der Waals surface area contributed by atoms with Gasteiger partial charge in [0.2, 0.25) is 11.7 Å². The second kappa shape index (κ2) is 10.5. The molecule has 1 atom stereocenters. The Morgan fingerprint density at radius 2 is 2.06 bits per heavy atom. The van der Waals surface area contributed by atoms with Crippen molar-refractivity contribution in [2.45, 2.75) is 56.0 Å². The summed E-state index contributed by atoms with van der Waals surface area (Å²) in [6.45, 7) is 3.20. The molecule has 4 rings (SSSR count). The number of nitrogens with zero attached hydrogens (tertiary/aromatic N) is 3. The fourth-order valence-electron chi connectivity index (χ4n) is 3.71. The maximum atomic E-state index is 12.7. The van der Waals surface area contributed by atoms with Gasteiger partial charge >= 0.3 is 0 Å². The molecule has 1 aliphatic rings. The first-order valence-electron chi connectivity index (χ1n) is 10.8. The quantitative estimate of drug-likeness (QED) is 0.374. The van der Waals surface area contributed by atoms with Crippen LogP contribution in [0.1, 0.15) is 44.6 Å². The molecule has 0 unspecified atom stereocenters. The van der Waals surface area contributed by atoms with Crippen molar-refractivity contribution in [1.82, 2.24) is 20.1 Å².